The Bertz CT molecular complexity index is 459. The van der Waals surface area contributed by atoms with Crippen LogP contribution in [0, 0.1) is 0 Å². The zero-order valence-corrected chi connectivity index (χ0v) is 11.4. The summed E-state index contributed by atoms with van der Waals surface area (Å²) in [7, 11) is 3.85. The molecule has 1 saturated heterocycles. The second-order valence-corrected chi connectivity index (χ2v) is 5.06. The van der Waals surface area contributed by atoms with Crippen LogP contribution >= 0.6 is 0 Å². The first-order valence-corrected chi connectivity index (χ1v) is 6.39. The lowest BCUT2D eigenvalue weighted by molar-refractivity contribution is 0.0683. The van der Waals surface area contributed by atoms with Crippen molar-refractivity contribution in [1.82, 2.24) is 19.6 Å². The van der Waals surface area contributed by atoms with E-state index in [9.17, 15) is 4.79 Å². The van der Waals surface area contributed by atoms with E-state index in [1.807, 2.05) is 0 Å². The molecule has 7 nitrogen and oxygen atoms in total. The first kappa shape index (κ1) is 14.0. The minimum absolute atomic E-state index is 0.260. The van der Waals surface area contributed by atoms with Crippen LogP contribution in [0.3, 0.4) is 0 Å². The van der Waals surface area contributed by atoms with Gasteiger partial charge in [-0.1, -0.05) is 0 Å². The van der Waals surface area contributed by atoms with Crippen LogP contribution in [0.5, 0.6) is 0 Å². The Labute approximate surface area is 112 Å². The largest absolute Gasteiger partial charge is 0.478 e. The Hall–Kier alpha value is -1.44. The number of likely N-dealkylation sites (N-methyl/N-ethyl adjacent to an activating group) is 1. The third-order valence-electron chi connectivity index (χ3n) is 3.72. The highest BCUT2D eigenvalue weighted by molar-refractivity contribution is 5.88. The molecule has 1 aromatic heterocycles. The second-order valence-electron chi connectivity index (χ2n) is 5.06. The molecular formula is C12H21N5O2. The van der Waals surface area contributed by atoms with Gasteiger partial charge in [-0.05, 0) is 7.05 Å². The number of nitrogens with two attached hydrogens (primary N) is 1. The third kappa shape index (κ3) is 2.94. The second kappa shape index (κ2) is 5.68. The van der Waals surface area contributed by atoms with Crippen LogP contribution in [-0.2, 0) is 13.6 Å². The van der Waals surface area contributed by atoms with E-state index in [-0.39, 0.29) is 11.6 Å². The SMILES string of the molecule is CN1CCN(Cc2c(C(=O)O)cnn2C)C(CN)C1. The van der Waals surface area contributed by atoms with Gasteiger partial charge in [-0.3, -0.25) is 9.58 Å². The fourth-order valence-electron chi connectivity index (χ4n) is 2.50. The van der Waals surface area contributed by atoms with Crippen molar-refractivity contribution in [1.29, 1.82) is 0 Å². The van der Waals surface area contributed by atoms with Crippen LogP contribution < -0.4 is 5.73 Å². The predicted molar refractivity (Wildman–Crippen MR) is 70.9 cm³/mol. The molecule has 2 rings (SSSR count). The molecule has 7 heteroatoms. The summed E-state index contributed by atoms with van der Waals surface area (Å²) in [5, 5.41) is 13.2. The molecule has 1 unspecified atom stereocenters. The van der Waals surface area contributed by atoms with E-state index < -0.39 is 5.97 Å². The third-order valence-corrected chi connectivity index (χ3v) is 3.72. The summed E-state index contributed by atoms with van der Waals surface area (Å²) in [6, 6.07) is 0.260. The highest BCUT2D eigenvalue weighted by Gasteiger charge is 2.26. The molecule has 1 aromatic rings. The van der Waals surface area contributed by atoms with E-state index in [1.54, 1.807) is 11.7 Å². The van der Waals surface area contributed by atoms with Gasteiger partial charge >= 0.3 is 5.97 Å². The summed E-state index contributed by atoms with van der Waals surface area (Å²) in [5.41, 5.74) is 6.82. The van der Waals surface area contributed by atoms with Crippen LogP contribution in [0.1, 0.15) is 16.1 Å². The quantitative estimate of drug-likeness (QED) is 0.742. The molecule has 0 spiro atoms. The number of rotatable bonds is 4. The molecule has 0 radical (unpaired) electrons. The van der Waals surface area contributed by atoms with Crippen molar-refractivity contribution >= 4 is 5.97 Å². The Morgan fingerprint density at radius 3 is 2.89 bits per heavy atom. The molecule has 19 heavy (non-hydrogen) atoms. The maximum absolute atomic E-state index is 11.2. The number of carboxylic acids is 1. The number of nitrogens with zero attached hydrogens (tertiary/aromatic N) is 4. The van der Waals surface area contributed by atoms with Gasteiger partial charge in [0.2, 0.25) is 0 Å². The Morgan fingerprint density at radius 2 is 2.26 bits per heavy atom. The average Bonchev–Trinajstić information content (AvgIpc) is 2.73. The van der Waals surface area contributed by atoms with Gasteiger partial charge in [0.1, 0.15) is 5.56 Å². The Balaban J connectivity index is 2.16. The van der Waals surface area contributed by atoms with Crippen molar-refractivity contribution in [2.75, 3.05) is 33.2 Å². The zero-order chi connectivity index (χ0) is 14.0. The van der Waals surface area contributed by atoms with E-state index in [1.165, 1.54) is 6.20 Å². The van der Waals surface area contributed by atoms with Crippen molar-refractivity contribution in [3.05, 3.63) is 17.5 Å². The summed E-state index contributed by atoms with van der Waals surface area (Å²) >= 11 is 0. The monoisotopic (exact) mass is 267 g/mol. The highest BCUT2D eigenvalue weighted by atomic mass is 16.4. The van der Waals surface area contributed by atoms with Crippen LogP contribution in [0.25, 0.3) is 0 Å². The Kier molecular flexibility index (Phi) is 4.18. The van der Waals surface area contributed by atoms with Gasteiger partial charge in [-0.15, -0.1) is 0 Å². The number of hydrogen-bond donors (Lipinski definition) is 2. The lowest BCUT2D eigenvalue weighted by atomic mass is 10.1. The number of hydrogen-bond acceptors (Lipinski definition) is 5. The van der Waals surface area contributed by atoms with E-state index in [0.717, 1.165) is 25.3 Å². The van der Waals surface area contributed by atoms with Gasteiger partial charge in [-0.25, -0.2) is 4.79 Å². The number of aryl methyl sites for hydroxylation is 1. The molecule has 1 aliphatic rings. The van der Waals surface area contributed by atoms with E-state index >= 15 is 0 Å². The molecule has 1 atom stereocenters. The maximum atomic E-state index is 11.2. The molecule has 3 N–H and O–H groups in total. The fraction of sp³-hybridized carbons (Fsp3) is 0.667. The molecule has 0 aliphatic carbocycles. The molecule has 1 aliphatic heterocycles. The number of carboxylic acid groups (broad SMARTS) is 1. The standard InChI is InChI=1S/C12H21N5O2/c1-15-3-4-17(9(5-13)7-15)8-11-10(12(18)19)6-14-16(11)2/h6,9H,3-5,7-8,13H2,1-2H3,(H,18,19). The van der Waals surface area contributed by atoms with Gasteiger partial charge in [0.05, 0.1) is 11.9 Å². The number of carbonyl (C=O) groups is 1. The van der Waals surface area contributed by atoms with Gasteiger partial charge in [-0.2, -0.15) is 5.10 Å². The van der Waals surface area contributed by atoms with Crippen molar-refractivity contribution in [2.24, 2.45) is 12.8 Å². The van der Waals surface area contributed by atoms with E-state index in [2.05, 4.69) is 21.9 Å². The summed E-state index contributed by atoms with van der Waals surface area (Å²) in [6.45, 7) is 3.93. The lowest BCUT2D eigenvalue weighted by Crippen LogP contribution is -2.54. The van der Waals surface area contributed by atoms with Crippen LogP contribution in [0.15, 0.2) is 6.20 Å². The van der Waals surface area contributed by atoms with Crippen molar-refractivity contribution < 1.29 is 9.90 Å². The molecule has 0 bridgehead atoms. The number of piperazine rings is 1. The van der Waals surface area contributed by atoms with Crippen molar-refractivity contribution in [2.45, 2.75) is 12.6 Å². The lowest BCUT2D eigenvalue weighted by Gasteiger charge is -2.39. The van der Waals surface area contributed by atoms with Crippen molar-refractivity contribution in [3.63, 3.8) is 0 Å². The molecule has 0 amide bonds. The zero-order valence-electron chi connectivity index (χ0n) is 11.4. The smallest absolute Gasteiger partial charge is 0.339 e. The molecule has 1 fully saturated rings. The molecule has 0 aromatic carbocycles. The minimum atomic E-state index is -0.929. The Morgan fingerprint density at radius 1 is 1.53 bits per heavy atom. The molecule has 2 heterocycles. The summed E-state index contributed by atoms with van der Waals surface area (Å²) < 4.78 is 1.63. The number of aromatic nitrogens is 2. The summed E-state index contributed by atoms with van der Waals surface area (Å²) in [4.78, 5) is 15.7. The van der Waals surface area contributed by atoms with Crippen LogP contribution in [0.2, 0.25) is 0 Å². The van der Waals surface area contributed by atoms with Crippen LogP contribution in [-0.4, -0.2) is 69.9 Å². The van der Waals surface area contributed by atoms with Crippen LogP contribution in [0.4, 0.5) is 0 Å². The van der Waals surface area contributed by atoms with E-state index in [4.69, 9.17) is 10.8 Å². The predicted octanol–water partition coefficient (Wildman–Crippen LogP) is -0.807. The maximum Gasteiger partial charge on any atom is 0.339 e. The fourth-order valence-corrected chi connectivity index (χ4v) is 2.50. The molecule has 0 saturated carbocycles. The van der Waals surface area contributed by atoms with Gasteiger partial charge < -0.3 is 15.7 Å². The normalized spacial score (nSPS) is 21.7. The average molecular weight is 267 g/mol. The van der Waals surface area contributed by atoms with E-state index in [0.29, 0.717) is 13.1 Å². The summed E-state index contributed by atoms with van der Waals surface area (Å²) in [5.74, 6) is -0.929. The topological polar surface area (TPSA) is 87.6 Å². The van der Waals surface area contributed by atoms with Gasteiger partial charge in [0.15, 0.2) is 0 Å². The summed E-state index contributed by atoms with van der Waals surface area (Å²) in [6.07, 6.45) is 1.41. The molecule has 106 valence electrons. The van der Waals surface area contributed by atoms with Gasteiger partial charge in [0, 0.05) is 45.8 Å². The number of aromatic carboxylic acids is 1. The first-order valence-electron chi connectivity index (χ1n) is 6.39. The first-order chi connectivity index (χ1) is 9.02. The van der Waals surface area contributed by atoms with Crippen molar-refractivity contribution in [3.8, 4) is 0 Å². The highest BCUT2D eigenvalue weighted by Crippen LogP contribution is 2.15. The minimum Gasteiger partial charge on any atom is -0.478 e. The molecular weight excluding hydrogens is 246 g/mol. The van der Waals surface area contributed by atoms with Gasteiger partial charge in [0.25, 0.3) is 0 Å².